The molecule has 128 valence electrons. The van der Waals surface area contributed by atoms with E-state index in [4.69, 9.17) is 0 Å². The molecule has 0 amide bonds. The van der Waals surface area contributed by atoms with E-state index in [1.807, 2.05) is 6.07 Å². The van der Waals surface area contributed by atoms with Crippen molar-refractivity contribution in [3.63, 3.8) is 0 Å². The van der Waals surface area contributed by atoms with Crippen molar-refractivity contribution >= 4 is 5.95 Å². The first-order chi connectivity index (χ1) is 11.4. The number of H-pyrrole nitrogens is 1. The summed E-state index contributed by atoms with van der Waals surface area (Å²) in [5, 5.41) is 2.92. The van der Waals surface area contributed by atoms with Crippen LogP contribution < -0.4 is 16.7 Å². The summed E-state index contributed by atoms with van der Waals surface area (Å²) < 4.78 is 15.4. The van der Waals surface area contributed by atoms with E-state index in [2.05, 4.69) is 15.3 Å². The third-order valence-electron chi connectivity index (χ3n) is 4.40. The lowest BCUT2D eigenvalue weighted by molar-refractivity contribution is 0.529. The van der Waals surface area contributed by atoms with Gasteiger partial charge in [0, 0.05) is 11.6 Å². The van der Waals surface area contributed by atoms with Gasteiger partial charge in [0.05, 0.1) is 6.04 Å². The second-order valence-corrected chi connectivity index (χ2v) is 6.50. The van der Waals surface area contributed by atoms with Crippen LogP contribution in [0, 0.1) is 5.82 Å². The Morgan fingerprint density at radius 2 is 1.88 bits per heavy atom. The van der Waals surface area contributed by atoms with E-state index >= 15 is 0 Å². The number of nitrogens with zero attached hydrogens (tertiary/aromatic N) is 2. The maximum atomic E-state index is 14.3. The number of aromatic amines is 1. The van der Waals surface area contributed by atoms with Crippen LogP contribution in [0.2, 0.25) is 0 Å². The minimum atomic E-state index is -0.627. The Balaban J connectivity index is 1.89. The van der Waals surface area contributed by atoms with Gasteiger partial charge in [-0.2, -0.15) is 4.98 Å². The monoisotopic (exact) mass is 332 g/mol. The smallest absolute Gasteiger partial charge is 0.349 e. The number of halogens is 1. The number of hydrogen-bond acceptors (Lipinski definition) is 4. The van der Waals surface area contributed by atoms with Crippen LogP contribution in [0.3, 0.4) is 0 Å². The third kappa shape index (κ3) is 2.98. The maximum absolute atomic E-state index is 14.3. The van der Waals surface area contributed by atoms with Crippen LogP contribution in [0.1, 0.15) is 56.0 Å². The molecule has 6 nitrogen and oxygen atoms in total. The number of fused-ring (bicyclic) bond motifs is 1. The number of rotatable bonds is 4. The normalized spacial score (nSPS) is 14.7. The number of benzene rings is 1. The molecule has 0 unspecified atom stereocenters. The predicted octanol–water partition coefficient (Wildman–Crippen LogP) is 2.31. The van der Waals surface area contributed by atoms with Crippen LogP contribution in [0.4, 0.5) is 10.3 Å². The van der Waals surface area contributed by atoms with E-state index in [0.29, 0.717) is 5.56 Å². The standard InChI is InChI=1S/C17H21FN4O2/c1-9(2)22-16(23)20-15(21-17(22)24)19-10(3)13-7-11-5-4-6-12(11)8-14(13)18/h7-10H,4-6H2,1-3H3,(H2,19,20,21,23,24)/t10-/m0/s1. The van der Waals surface area contributed by atoms with Crippen LogP contribution in [0.5, 0.6) is 0 Å². The first-order valence-corrected chi connectivity index (χ1v) is 8.17. The lowest BCUT2D eigenvalue weighted by Gasteiger charge is -2.17. The van der Waals surface area contributed by atoms with Crippen LogP contribution >= 0.6 is 0 Å². The Morgan fingerprint density at radius 3 is 2.50 bits per heavy atom. The summed E-state index contributed by atoms with van der Waals surface area (Å²) in [6.07, 6.45) is 2.91. The summed E-state index contributed by atoms with van der Waals surface area (Å²) in [5.74, 6) is -0.234. The molecule has 1 aliphatic rings. The van der Waals surface area contributed by atoms with E-state index in [-0.39, 0.29) is 17.8 Å². The van der Waals surface area contributed by atoms with Gasteiger partial charge in [-0.05, 0) is 57.2 Å². The summed E-state index contributed by atoms with van der Waals surface area (Å²) in [7, 11) is 0. The third-order valence-corrected chi connectivity index (χ3v) is 4.40. The fourth-order valence-electron chi connectivity index (χ4n) is 3.18. The average Bonchev–Trinajstić information content (AvgIpc) is 2.92. The lowest BCUT2D eigenvalue weighted by Crippen LogP contribution is -2.39. The van der Waals surface area contributed by atoms with Crippen LogP contribution in [-0.2, 0) is 12.8 Å². The molecular formula is C17H21FN4O2. The van der Waals surface area contributed by atoms with Gasteiger partial charge in [0.15, 0.2) is 0 Å². The Labute approximate surface area is 138 Å². The topological polar surface area (TPSA) is 79.8 Å². The summed E-state index contributed by atoms with van der Waals surface area (Å²) in [5.41, 5.74) is 1.57. The van der Waals surface area contributed by atoms with Gasteiger partial charge in [0.2, 0.25) is 5.95 Å². The molecule has 1 aromatic heterocycles. The van der Waals surface area contributed by atoms with Crippen molar-refractivity contribution in [3.8, 4) is 0 Å². The molecule has 0 bridgehead atoms. The summed E-state index contributed by atoms with van der Waals surface area (Å²) >= 11 is 0. The number of aromatic nitrogens is 3. The fourth-order valence-corrected chi connectivity index (χ4v) is 3.18. The van der Waals surface area contributed by atoms with Gasteiger partial charge >= 0.3 is 11.4 Å². The number of hydrogen-bond donors (Lipinski definition) is 2. The highest BCUT2D eigenvalue weighted by Crippen LogP contribution is 2.28. The van der Waals surface area contributed by atoms with Gasteiger partial charge in [-0.25, -0.2) is 18.5 Å². The maximum Gasteiger partial charge on any atom is 0.355 e. The molecule has 2 aromatic rings. The molecule has 0 aliphatic heterocycles. The van der Waals surface area contributed by atoms with Crippen LogP contribution in [0.15, 0.2) is 21.7 Å². The van der Waals surface area contributed by atoms with Crippen molar-refractivity contribution in [2.45, 2.75) is 52.1 Å². The number of nitrogens with one attached hydrogen (secondary N) is 2. The van der Waals surface area contributed by atoms with Crippen molar-refractivity contribution < 1.29 is 4.39 Å². The molecule has 0 fully saturated rings. The zero-order valence-corrected chi connectivity index (χ0v) is 14.0. The molecular weight excluding hydrogens is 311 g/mol. The van der Waals surface area contributed by atoms with Crippen molar-refractivity contribution in [3.05, 3.63) is 55.6 Å². The van der Waals surface area contributed by atoms with Crippen molar-refractivity contribution in [2.24, 2.45) is 0 Å². The van der Waals surface area contributed by atoms with Gasteiger partial charge in [0.25, 0.3) is 0 Å². The first-order valence-electron chi connectivity index (χ1n) is 8.17. The fraction of sp³-hybridized carbons (Fsp3) is 0.471. The second-order valence-electron chi connectivity index (χ2n) is 6.50. The van der Waals surface area contributed by atoms with Gasteiger partial charge in [-0.1, -0.05) is 6.07 Å². The Bertz CT molecular complexity index is 854. The van der Waals surface area contributed by atoms with Gasteiger partial charge < -0.3 is 5.32 Å². The SMILES string of the molecule is CC(C)n1c(=O)nc(N[C@@H](C)c2cc3c(cc2F)CCC3)[nH]c1=O. The zero-order valence-electron chi connectivity index (χ0n) is 14.0. The highest BCUT2D eigenvalue weighted by molar-refractivity contribution is 5.40. The molecule has 7 heteroatoms. The second kappa shape index (κ2) is 6.22. The summed E-state index contributed by atoms with van der Waals surface area (Å²) in [6, 6.07) is 2.74. The number of anilines is 1. The van der Waals surface area contributed by atoms with Gasteiger partial charge in [-0.15, -0.1) is 0 Å². The molecule has 0 spiro atoms. The average molecular weight is 332 g/mol. The molecule has 1 heterocycles. The Kier molecular flexibility index (Phi) is 4.26. The largest absolute Gasteiger partial charge is 0.355 e. The molecule has 24 heavy (non-hydrogen) atoms. The highest BCUT2D eigenvalue weighted by Gasteiger charge is 2.19. The van der Waals surface area contributed by atoms with Crippen molar-refractivity contribution in [1.82, 2.24) is 14.5 Å². The predicted molar refractivity (Wildman–Crippen MR) is 90.0 cm³/mol. The van der Waals surface area contributed by atoms with E-state index in [0.717, 1.165) is 35.0 Å². The molecule has 1 aliphatic carbocycles. The summed E-state index contributed by atoms with van der Waals surface area (Å²) in [4.78, 5) is 30.3. The lowest BCUT2D eigenvalue weighted by atomic mass is 10.0. The molecule has 0 saturated carbocycles. The minimum Gasteiger partial charge on any atom is -0.349 e. The van der Waals surface area contributed by atoms with Crippen LogP contribution in [0.25, 0.3) is 0 Å². The quantitative estimate of drug-likeness (QED) is 0.900. The van der Waals surface area contributed by atoms with Crippen molar-refractivity contribution in [2.75, 3.05) is 5.32 Å². The van der Waals surface area contributed by atoms with E-state index < -0.39 is 17.4 Å². The Morgan fingerprint density at radius 1 is 1.21 bits per heavy atom. The zero-order chi connectivity index (χ0) is 17.4. The molecule has 3 rings (SSSR count). The van der Waals surface area contributed by atoms with Crippen LogP contribution in [-0.4, -0.2) is 14.5 Å². The first kappa shape index (κ1) is 16.4. The van der Waals surface area contributed by atoms with Gasteiger partial charge in [-0.3, -0.25) is 4.98 Å². The summed E-state index contributed by atoms with van der Waals surface area (Å²) in [6.45, 7) is 5.23. The Hall–Kier alpha value is -2.44. The van der Waals surface area contributed by atoms with E-state index in [9.17, 15) is 14.0 Å². The van der Waals surface area contributed by atoms with Gasteiger partial charge in [0.1, 0.15) is 5.82 Å². The molecule has 0 radical (unpaired) electrons. The van der Waals surface area contributed by atoms with E-state index in [1.54, 1.807) is 26.8 Å². The molecule has 1 atom stereocenters. The van der Waals surface area contributed by atoms with E-state index in [1.165, 1.54) is 0 Å². The molecule has 2 N–H and O–H groups in total. The minimum absolute atomic E-state index is 0.0503. The van der Waals surface area contributed by atoms with Crippen molar-refractivity contribution in [1.29, 1.82) is 0 Å². The molecule has 1 aromatic carbocycles. The molecule has 0 saturated heterocycles. The highest BCUT2D eigenvalue weighted by atomic mass is 19.1. The number of aryl methyl sites for hydroxylation is 2.